The molecule has 4 nitrogen and oxygen atoms in total. The van der Waals surface area contributed by atoms with Gasteiger partial charge in [-0.1, -0.05) is 50.2 Å². The lowest BCUT2D eigenvalue weighted by molar-refractivity contribution is -0.309. The van der Waals surface area contributed by atoms with Crippen LogP contribution in [0.3, 0.4) is 0 Å². The van der Waals surface area contributed by atoms with Crippen LogP contribution in [-0.2, 0) is 30.2 Å². The highest BCUT2D eigenvalue weighted by Crippen LogP contribution is 2.42. The van der Waals surface area contributed by atoms with E-state index in [0.717, 1.165) is 17.7 Å². The fraction of sp³-hybridized carbons (Fsp3) is 0.379. The zero-order chi connectivity index (χ0) is 24.5. The fourth-order valence-corrected chi connectivity index (χ4v) is 8.83. The van der Waals surface area contributed by atoms with Gasteiger partial charge in [0.05, 0.1) is 34.3 Å². The zero-order valence-corrected chi connectivity index (χ0v) is 22.0. The summed E-state index contributed by atoms with van der Waals surface area (Å²) in [5.74, 6) is -0.765. The Bertz CT molecular complexity index is 1190. The molecule has 1 aliphatic carbocycles. The molecule has 184 valence electrons. The third-order valence-electron chi connectivity index (χ3n) is 6.86. The minimum atomic E-state index is -3.49. The summed E-state index contributed by atoms with van der Waals surface area (Å²) in [5.41, 5.74) is -0.0400. The molecule has 1 heterocycles. The molecule has 2 aliphatic rings. The molecule has 0 aromatic heterocycles. The van der Waals surface area contributed by atoms with E-state index in [9.17, 15) is 8.42 Å². The van der Waals surface area contributed by atoms with Gasteiger partial charge in [-0.05, 0) is 61.4 Å². The van der Waals surface area contributed by atoms with Crippen LogP contribution >= 0.6 is 0 Å². The Hall–Kier alpha value is -2.12. The zero-order valence-electron chi connectivity index (χ0n) is 20.4. The predicted octanol–water partition coefficient (Wildman–Crippen LogP) is 6.27. The number of sulfone groups is 1. The van der Waals surface area contributed by atoms with Crippen molar-refractivity contribution in [3.05, 3.63) is 84.9 Å². The highest BCUT2D eigenvalue weighted by atomic mass is 32.2. The average Bonchev–Trinajstić information content (AvgIpc) is 2.88. The average molecular weight is 510 g/mol. The van der Waals surface area contributed by atoms with Crippen LogP contribution in [0.25, 0.3) is 0 Å². The third-order valence-corrected chi connectivity index (χ3v) is 11.3. The van der Waals surface area contributed by atoms with Crippen molar-refractivity contribution in [2.45, 2.75) is 70.1 Å². The van der Waals surface area contributed by atoms with Crippen molar-refractivity contribution in [3.63, 3.8) is 0 Å². The van der Waals surface area contributed by atoms with E-state index in [-0.39, 0.29) is 16.3 Å². The van der Waals surface area contributed by atoms with Gasteiger partial charge >= 0.3 is 0 Å². The summed E-state index contributed by atoms with van der Waals surface area (Å²) in [6, 6.07) is 28.3. The standard InChI is InChI=1S/C29H33O4S2/c1-28(2)21-32-29(33-22-28)19-9-14-27(20-29)35(30,31)26-17-15-25(16-18-26)34(23-10-5-3-6-11-23)24-12-7-4-8-13-24/h3-8,10-13,15-18,27H,9,14,19-22H2,1-2H3/q+1. The maximum atomic E-state index is 13.7. The first-order valence-electron chi connectivity index (χ1n) is 12.2. The third kappa shape index (κ3) is 5.21. The molecule has 0 bridgehead atoms. The highest BCUT2D eigenvalue weighted by molar-refractivity contribution is 7.97. The molecule has 1 saturated carbocycles. The largest absolute Gasteiger partial charge is 0.349 e. The second-order valence-electron chi connectivity index (χ2n) is 10.3. The van der Waals surface area contributed by atoms with Crippen molar-refractivity contribution in [2.24, 2.45) is 5.41 Å². The van der Waals surface area contributed by atoms with Gasteiger partial charge in [-0.25, -0.2) is 8.42 Å². The molecule has 5 rings (SSSR count). The smallest absolute Gasteiger partial charge is 0.181 e. The van der Waals surface area contributed by atoms with Crippen molar-refractivity contribution in [1.82, 2.24) is 0 Å². The fourth-order valence-electron chi connectivity index (χ4n) is 4.89. The van der Waals surface area contributed by atoms with E-state index in [1.807, 2.05) is 48.5 Å². The Morgan fingerprint density at radius 3 is 1.83 bits per heavy atom. The van der Waals surface area contributed by atoms with Crippen LogP contribution in [0.5, 0.6) is 0 Å². The Morgan fingerprint density at radius 1 is 0.771 bits per heavy atom. The molecule has 1 aliphatic heterocycles. The lowest BCUT2D eigenvalue weighted by Crippen LogP contribution is -2.52. The minimum Gasteiger partial charge on any atom is -0.349 e. The van der Waals surface area contributed by atoms with E-state index < -0.39 is 20.9 Å². The summed E-state index contributed by atoms with van der Waals surface area (Å²) in [6.07, 6.45) is 2.57. The van der Waals surface area contributed by atoms with Crippen LogP contribution in [0, 0.1) is 5.41 Å². The number of benzene rings is 3. The monoisotopic (exact) mass is 509 g/mol. The van der Waals surface area contributed by atoms with Crippen molar-refractivity contribution >= 4 is 20.7 Å². The Labute approximate surface area is 211 Å². The SMILES string of the molecule is CC1(C)COC2(CCCC(S(=O)(=O)c3ccc([S+](c4ccccc4)c4ccccc4)cc3)C2)OC1. The second-order valence-corrected chi connectivity index (χ2v) is 14.6. The normalized spacial score (nSPS) is 21.7. The Morgan fingerprint density at radius 2 is 1.29 bits per heavy atom. The van der Waals surface area contributed by atoms with Gasteiger partial charge in [0, 0.05) is 18.3 Å². The van der Waals surface area contributed by atoms with E-state index in [0.29, 0.717) is 31.0 Å². The summed E-state index contributed by atoms with van der Waals surface area (Å²) in [6.45, 7) is 5.40. The molecule has 0 amide bonds. The quantitative estimate of drug-likeness (QED) is 0.381. The minimum absolute atomic E-state index is 0.0400. The topological polar surface area (TPSA) is 52.6 Å². The maximum Gasteiger partial charge on any atom is 0.181 e. The van der Waals surface area contributed by atoms with Gasteiger partial charge in [-0.3, -0.25) is 0 Å². The maximum absolute atomic E-state index is 13.7. The Kier molecular flexibility index (Phi) is 6.83. The highest BCUT2D eigenvalue weighted by Gasteiger charge is 2.47. The molecule has 3 aromatic rings. The van der Waals surface area contributed by atoms with E-state index in [4.69, 9.17) is 9.47 Å². The molecule has 1 atom stereocenters. The number of hydrogen-bond donors (Lipinski definition) is 0. The van der Waals surface area contributed by atoms with Crippen LogP contribution in [0.15, 0.2) is 105 Å². The van der Waals surface area contributed by atoms with Gasteiger partial charge in [0.2, 0.25) is 0 Å². The molecule has 0 radical (unpaired) electrons. The first-order valence-corrected chi connectivity index (χ1v) is 15.0. The predicted molar refractivity (Wildman–Crippen MR) is 139 cm³/mol. The number of hydrogen-bond acceptors (Lipinski definition) is 4. The van der Waals surface area contributed by atoms with Gasteiger partial charge in [0.1, 0.15) is 0 Å². The van der Waals surface area contributed by atoms with Crippen LogP contribution in [-0.4, -0.2) is 32.7 Å². The first kappa shape index (κ1) is 24.6. The van der Waals surface area contributed by atoms with Crippen LogP contribution in [0.4, 0.5) is 0 Å². The van der Waals surface area contributed by atoms with Crippen molar-refractivity contribution in [3.8, 4) is 0 Å². The van der Waals surface area contributed by atoms with Crippen molar-refractivity contribution < 1.29 is 17.9 Å². The molecule has 35 heavy (non-hydrogen) atoms. The Balaban J connectivity index is 1.40. The van der Waals surface area contributed by atoms with Gasteiger partial charge < -0.3 is 9.47 Å². The van der Waals surface area contributed by atoms with E-state index in [1.54, 1.807) is 12.1 Å². The molecular weight excluding hydrogens is 476 g/mol. The van der Waals surface area contributed by atoms with Crippen LogP contribution in [0.1, 0.15) is 39.5 Å². The summed E-state index contributed by atoms with van der Waals surface area (Å²) in [7, 11) is -3.80. The molecule has 3 aromatic carbocycles. The number of rotatable bonds is 5. The number of ether oxygens (including phenoxy) is 2. The van der Waals surface area contributed by atoms with E-state index in [1.165, 1.54) is 9.79 Å². The van der Waals surface area contributed by atoms with Crippen LogP contribution < -0.4 is 0 Å². The molecule has 0 N–H and O–H groups in total. The summed E-state index contributed by atoms with van der Waals surface area (Å²) in [4.78, 5) is 3.89. The summed E-state index contributed by atoms with van der Waals surface area (Å²) in [5, 5.41) is -0.496. The summed E-state index contributed by atoms with van der Waals surface area (Å²) >= 11 is 0. The van der Waals surface area contributed by atoms with Crippen LogP contribution in [0.2, 0.25) is 0 Å². The summed E-state index contributed by atoms with van der Waals surface area (Å²) < 4.78 is 39.6. The second kappa shape index (κ2) is 9.74. The lowest BCUT2D eigenvalue weighted by atomic mass is 9.89. The molecule has 1 unspecified atom stereocenters. The molecule has 6 heteroatoms. The lowest BCUT2D eigenvalue weighted by Gasteiger charge is -2.47. The molecule has 1 spiro atoms. The van der Waals surface area contributed by atoms with Gasteiger partial charge in [0.15, 0.2) is 30.3 Å². The van der Waals surface area contributed by atoms with E-state index >= 15 is 0 Å². The first-order chi connectivity index (χ1) is 16.8. The molecular formula is C29H33O4S2+. The van der Waals surface area contributed by atoms with Gasteiger partial charge in [-0.15, -0.1) is 0 Å². The molecule has 2 fully saturated rings. The molecule has 1 saturated heterocycles. The van der Waals surface area contributed by atoms with Gasteiger partial charge in [-0.2, -0.15) is 0 Å². The van der Waals surface area contributed by atoms with Crippen molar-refractivity contribution in [1.29, 1.82) is 0 Å². The van der Waals surface area contributed by atoms with E-state index in [2.05, 4.69) is 38.1 Å². The van der Waals surface area contributed by atoms with Crippen molar-refractivity contribution in [2.75, 3.05) is 13.2 Å². The van der Waals surface area contributed by atoms with Gasteiger partial charge in [0.25, 0.3) is 0 Å².